The van der Waals surface area contributed by atoms with Crippen LogP contribution in [0.2, 0.25) is 0 Å². The molecule has 2 amide bonds. The van der Waals surface area contributed by atoms with Gasteiger partial charge in [-0.3, -0.25) is 9.59 Å². The van der Waals surface area contributed by atoms with Crippen LogP contribution in [0.4, 0.5) is 5.00 Å². The van der Waals surface area contributed by atoms with Gasteiger partial charge in [-0.1, -0.05) is 38.1 Å². The lowest BCUT2D eigenvalue weighted by molar-refractivity contribution is -0.116. The molecular weight excluding hydrogens is 344 g/mol. The molecule has 1 aliphatic carbocycles. The number of nitrogens with two attached hydrogens (primary N) is 1. The first-order valence-electron chi connectivity index (χ1n) is 9.28. The Labute approximate surface area is 158 Å². The molecule has 0 radical (unpaired) electrons. The number of rotatable bonds is 6. The molecule has 0 spiro atoms. The number of anilines is 1. The molecule has 3 N–H and O–H groups in total. The third kappa shape index (κ3) is 4.15. The first-order chi connectivity index (χ1) is 12.5. The van der Waals surface area contributed by atoms with Gasteiger partial charge in [0.15, 0.2) is 0 Å². The van der Waals surface area contributed by atoms with Crippen LogP contribution >= 0.6 is 11.3 Å². The van der Waals surface area contributed by atoms with Crippen molar-refractivity contribution in [3.8, 4) is 0 Å². The van der Waals surface area contributed by atoms with Crippen LogP contribution in [0.1, 0.15) is 71.0 Å². The molecule has 0 atom stereocenters. The van der Waals surface area contributed by atoms with Crippen LogP contribution in [0.15, 0.2) is 24.3 Å². The van der Waals surface area contributed by atoms with E-state index in [2.05, 4.69) is 43.4 Å². The Balaban J connectivity index is 1.65. The van der Waals surface area contributed by atoms with Crippen molar-refractivity contribution in [2.45, 2.75) is 58.3 Å². The van der Waals surface area contributed by atoms with Gasteiger partial charge in [0.25, 0.3) is 5.91 Å². The van der Waals surface area contributed by atoms with Gasteiger partial charge in [0.2, 0.25) is 5.91 Å². The van der Waals surface area contributed by atoms with Gasteiger partial charge in [-0.15, -0.1) is 11.3 Å². The SMILES string of the molecule is CC(C)c1ccc(CCC(=O)Nc2sc3c(c2C(N)=O)CCCC3)cc1. The predicted molar refractivity (Wildman–Crippen MR) is 107 cm³/mol. The molecule has 0 bridgehead atoms. The average molecular weight is 371 g/mol. The Morgan fingerprint density at radius 2 is 1.85 bits per heavy atom. The van der Waals surface area contributed by atoms with E-state index in [1.165, 1.54) is 21.8 Å². The Hall–Kier alpha value is -2.14. The van der Waals surface area contributed by atoms with Gasteiger partial charge in [-0.05, 0) is 54.7 Å². The lowest BCUT2D eigenvalue weighted by Crippen LogP contribution is -2.18. The molecule has 0 saturated heterocycles. The molecule has 1 heterocycles. The Bertz CT molecular complexity index is 806. The Morgan fingerprint density at radius 1 is 1.15 bits per heavy atom. The van der Waals surface area contributed by atoms with Crippen LogP contribution in [-0.4, -0.2) is 11.8 Å². The standard InChI is InChI=1S/C21H26N2O2S/c1-13(2)15-10-7-14(8-11-15)9-12-18(24)23-21-19(20(22)25)16-5-3-4-6-17(16)26-21/h7-8,10-11,13H,3-6,9,12H2,1-2H3,(H2,22,25)(H,23,24). The average Bonchev–Trinajstić information content (AvgIpc) is 2.98. The van der Waals surface area contributed by atoms with E-state index in [1.807, 2.05) is 0 Å². The fourth-order valence-corrected chi connectivity index (χ4v) is 4.74. The van der Waals surface area contributed by atoms with E-state index in [0.29, 0.717) is 29.3 Å². The van der Waals surface area contributed by atoms with Crippen LogP contribution in [0.25, 0.3) is 0 Å². The maximum atomic E-state index is 12.4. The van der Waals surface area contributed by atoms with E-state index in [-0.39, 0.29) is 5.91 Å². The number of carbonyl (C=O) groups excluding carboxylic acids is 2. The second kappa shape index (κ2) is 8.04. The van der Waals surface area contributed by atoms with Gasteiger partial charge < -0.3 is 11.1 Å². The number of fused-ring (bicyclic) bond motifs is 1. The molecule has 2 aromatic rings. The maximum Gasteiger partial charge on any atom is 0.251 e. The summed E-state index contributed by atoms with van der Waals surface area (Å²) in [5.74, 6) is -0.00700. The fourth-order valence-electron chi connectivity index (χ4n) is 3.43. The van der Waals surface area contributed by atoms with Crippen molar-refractivity contribution in [3.05, 3.63) is 51.4 Å². The number of hydrogen-bond donors (Lipinski definition) is 2. The van der Waals surface area contributed by atoms with Gasteiger partial charge >= 0.3 is 0 Å². The van der Waals surface area contributed by atoms with Crippen molar-refractivity contribution in [1.82, 2.24) is 0 Å². The zero-order chi connectivity index (χ0) is 18.7. The van der Waals surface area contributed by atoms with E-state index in [4.69, 9.17) is 5.73 Å². The van der Waals surface area contributed by atoms with Crippen molar-refractivity contribution in [2.24, 2.45) is 5.73 Å². The molecule has 1 aromatic carbocycles. The summed E-state index contributed by atoms with van der Waals surface area (Å²) in [4.78, 5) is 25.5. The lowest BCUT2D eigenvalue weighted by atomic mass is 9.95. The van der Waals surface area contributed by atoms with E-state index in [0.717, 1.165) is 36.8 Å². The molecule has 0 fully saturated rings. The first kappa shape index (κ1) is 18.6. The van der Waals surface area contributed by atoms with Gasteiger partial charge in [0.1, 0.15) is 5.00 Å². The highest BCUT2D eigenvalue weighted by molar-refractivity contribution is 7.17. The van der Waals surface area contributed by atoms with Crippen molar-refractivity contribution in [3.63, 3.8) is 0 Å². The van der Waals surface area contributed by atoms with Crippen LogP contribution in [0, 0.1) is 0 Å². The third-order valence-corrected chi connectivity index (χ3v) is 6.17. The molecule has 0 aliphatic heterocycles. The van der Waals surface area contributed by atoms with Gasteiger partial charge in [0.05, 0.1) is 5.56 Å². The van der Waals surface area contributed by atoms with E-state index in [1.54, 1.807) is 0 Å². The van der Waals surface area contributed by atoms with Crippen molar-refractivity contribution in [1.29, 1.82) is 0 Å². The fraction of sp³-hybridized carbons (Fsp3) is 0.429. The Morgan fingerprint density at radius 3 is 2.50 bits per heavy atom. The molecule has 1 aromatic heterocycles. The largest absolute Gasteiger partial charge is 0.365 e. The van der Waals surface area contributed by atoms with Crippen LogP contribution in [-0.2, 0) is 24.1 Å². The van der Waals surface area contributed by atoms with Crippen molar-refractivity contribution in [2.75, 3.05) is 5.32 Å². The Kier molecular flexibility index (Phi) is 5.77. The van der Waals surface area contributed by atoms with E-state index < -0.39 is 5.91 Å². The first-order valence-corrected chi connectivity index (χ1v) is 10.1. The third-order valence-electron chi connectivity index (χ3n) is 4.96. The normalized spacial score (nSPS) is 13.5. The highest BCUT2D eigenvalue weighted by atomic mass is 32.1. The molecule has 0 saturated carbocycles. The summed E-state index contributed by atoms with van der Waals surface area (Å²) in [5, 5.41) is 3.56. The zero-order valence-electron chi connectivity index (χ0n) is 15.4. The number of amides is 2. The van der Waals surface area contributed by atoms with Crippen LogP contribution in [0.3, 0.4) is 0 Å². The van der Waals surface area contributed by atoms with Crippen LogP contribution in [0.5, 0.6) is 0 Å². The van der Waals surface area contributed by atoms with Gasteiger partial charge in [0, 0.05) is 11.3 Å². The van der Waals surface area contributed by atoms with Gasteiger partial charge in [-0.25, -0.2) is 0 Å². The molecule has 0 unspecified atom stereocenters. The minimum Gasteiger partial charge on any atom is -0.365 e. The summed E-state index contributed by atoms with van der Waals surface area (Å²) in [5.41, 5.74) is 9.60. The highest BCUT2D eigenvalue weighted by Crippen LogP contribution is 2.37. The number of carbonyl (C=O) groups is 2. The summed E-state index contributed by atoms with van der Waals surface area (Å²) < 4.78 is 0. The maximum absolute atomic E-state index is 12.4. The lowest BCUT2D eigenvalue weighted by Gasteiger charge is -2.11. The summed E-state index contributed by atoms with van der Waals surface area (Å²) in [7, 11) is 0. The smallest absolute Gasteiger partial charge is 0.251 e. The minimum absolute atomic E-state index is 0.0703. The van der Waals surface area contributed by atoms with Crippen molar-refractivity contribution >= 4 is 28.2 Å². The van der Waals surface area contributed by atoms with Crippen molar-refractivity contribution < 1.29 is 9.59 Å². The molecule has 138 valence electrons. The second-order valence-electron chi connectivity index (χ2n) is 7.22. The number of thiophene rings is 1. The number of aryl methyl sites for hydroxylation is 2. The summed E-state index contributed by atoms with van der Waals surface area (Å²) in [6.45, 7) is 4.33. The molecular formula is C21H26N2O2S. The number of nitrogens with one attached hydrogen (secondary N) is 1. The van der Waals surface area contributed by atoms with E-state index >= 15 is 0 Å². The monoisotopic (exact) mass is 370 g/mol. The van der Waals surface area contributed by atoms with E-state index in [9.17, 15) is 9.59 Å². The summed E-state index contributed by atoms with van der Waals surface area (Å²) in [6, 6.07) is 8.41. The minimum atomic E-state index is -0.441. The predicted octanol–water partition coefficient (Wildman–Crippen LogP) is 4.42. The zero-order valence-corrected chi connectivity index (χ0v) is 16.2. The van der Waals surface area contributed by atoms with Crippen LogP contribution < -0.4 is 11.1 Å². The summed E-state index contributed by atoms with van der Waals surface area (Å²) in [6.07, 6.45) is 5.12. The molecule has 4 nitrogen and oxygen atoms in total. The number of hydrogen-bond acceptors (Lipinski definition) is 3. The molecule has 1 aliphatic rings. The second-order valence-corrected chi connectivity index (χ2v) is 8.33. The number of benzene rings is 1. The molecule has 26 heavy (non-hydrogen) atoms. The highest BCUT2D eigenvalue weighted by Gasteiger charge is 2.24. The van der Waals surface area contributed by atoms with Gasteiger partial charge in [-0.2, -0.15) is 0 Å². The molecule has 3 rings (SSSR count). The topological polar surface area (TPSA) is 72.2 Å². The number of primary amides is 1. The summed E-state index contributed by atoms with van der Waals surface area (Å²) >= 11 is 1.51. The molecule has 5 heteroatoms. The quantitative estimate of drug-likeness (QED) is 0.790.